The molecule has 112 valence electrons. The fourth-order valence-electron chi connectivity index (χ4n) is 2.83. The number of benzene rings is 1. The summed E-state index contributed by atoms with van der Waals surface area (Å²) in [5.41, 5.74) is 1.16. The first-order valence-corrected chi connectivity index (χ1v) is 7.86. The van der Waals surface area contributed by atoms with Crippen LogP contribution < -0.4 is 10.4 Å². The molecule has 2 atom stereocenters. The summed E-state index contributed by atoms with van der Waals surface area (Å²) >= 11 is 6.27. The quantitative estimate of drug-likeness (QED) is 0.812. The molecule has 21 heavy (non-hydrogen) atoms. The molecule has 1 aliphatic rings. The summed E-state index contributed by atoms with van der Waals surface area (Å²) in [6.07, 6.45) is 4.63. The Hall–Kier alpha value is -1.55. The van der Waals surface area contributed by atoms with Gasteiger partial charge in [-0.25, -0.2) is 4.79 Å². The summed E-state index contributed by atoms with van der Waals surface area (Å²) < 4.78 is 11.0. The number of nitrogens with zero attached hydrogens (tertiary/aromatic N) is 1. The number of rotatable bonds is 3. The second kappa shape index (κ2) is 6.06. The molecule has 0 bridgehead atoms. The second-order valence-electron chi connectivity index (χ2n) is 5.39. The van der Waals surface area contributed by atoms with Crippen molar-refractivity contribution in [3.8, 4) is 6.08 Å². The van der Waals surface area contributed by atoms with Gasteiger partial charge in [-0.15, -0.1) is 11.6 Å². The molecular weight excluding hydrogens is 290 g/mol. The van der Waals surface area contributed by atoms with Crippen LogP contribution >= 0.6 is 11.6 Å². The van der Waals surface area contributed by atoms with E-state index in [9.17, 15) is 4.79 Å². The highest BCUT2D eigenvalue weighted by atomic mass is 35.5. The lowest BCUT2D eigenvalue weighted by Gasteiger charge is -2.26. The molecule has 4 nitrogen and oxygen atoms in total. The molecule has 0 N–H and O–H groups in total. The smallest absolute Gasteiger partial charge is 0.397 e. The van der Waals surface area contributed by atoms with E-state index in [0.29, 0.717) is 10.9 Å². The van der Waals surface area contributed by atoms with Gasteiger partial charge in [0.2, 0.25) is 0 Å². The molecule has 1 saturated carbocycles. The largest absolute Gasteiger partial charge is 0.445 e. The molecule has 1 aliphatic carbocycles. The van der Waals surface area contributed by atoms with Gasteiger partial charge in [-0.05, 0) is 37.3 Å². The summed E-state index contributed by atoms with van der Waals surface area (Å²) in [7, 11) is 0. The van der Waals surface area contributed by atoms with E-state index >= 15 is 0 Å². The van der Waals surface area contributed by atoms with Gasteiger partial charge in [0.15, 0.2) is 0 Å². The SMILES string of the molecule is CCc1cccc2nc(OC3CCCCC3Cl)oc(=O)c12. The highest BCUT2D eigenvalue weighted by molar-refractivity contribution is 6.21. The van der Waals surface area contributed by atoms with Crippen molar-refractivity contribution in [1.29, 1.82) is 0 Å². The van der Waals surface area contributed by atoms with Crippen molar-refractivity contribution in [1.82, 2.24) is 4.98 Å². The molecule has 0 saturated heterocycles. The van der Waals surface area contributed by atoms with Gasteiger partial charge in [0.05, 0.1) is 16.3 Å². The van der Waals surface area contributed by atoms with E-state index in [-0.39, 0.29) is 17.6 Å². The van der Waals surface area contributed by atoms with Crippen molar-refractivity contribution in [2.45, 2.75) is 50.5 Å². The maximum atomic E-state index is 12.2. The van der Waals surface area contributed by atoms with Crippen molar-refractivity contribution < 1.29 is 9.15 Å². The molecule has 5 heteroatoms. The Morgan fingerprint density at radius 3 is 2.95 bits per heavy atom. The van der Waals surface area contributed by atoms with E-state index in [1.165, 1.54) is 0 Å². The van der Waals surface area contributed by atoms with Crippen LogP contribution in [0.15, 0.2) is 27.4 Å². The van der Waals surface area contributed by atoms with Gasteiger partial charge >= 0.3 is 11.7 Å². The van der Waals surface area contributed by atoms with Crippen LogP contribution in [0.4, 0.5) is 0 Å². The number of halogens is 1. The topological polar surface area (TPSA) is 52.3 Å². The lowest BCUT2D eigenvalue weighted by molar-refractivity contribution is 0.110. The number of ether oxygens (including phenoxy) is 1. The van der Waals surface area contributed by atoms with Crippen LogP contribution in [0.3, 0.4) is 0 Å². The summed E-state index contributed by atoms with van der Waals surface area (Å²) in [5.74, 6) is 0. The van der Waals surface area contributed by atoms with E-state index in [2.05, 4.69) is 4.98 Å². The van der Waals surface area contributed by atoms with Gasteiger partial charge in [-0.1, -0.05) is 25.5 Å². The van der Waals surface area contributed by atoms with Crippen molar-refractivity contribution >= 4 is 22.5 Å². The number of aryl methyl sites for hydroxylation is 1. The normalized spacial score (nSPS) is 22.4. The van der Waals surface area contributed by atoms with E-state index in [0.717, 1.165) is 37.7 Å². The zero-order valence-electron chi connectivity index (χ0n) is 12.0. The van der Waals surface area contributed by atoms with Crippen LogP contribution in [0.25, 0.3) is 10.9 Å². The lowest BCUT2D eigenvalue weighted by Crippen LogP contribution is -2.31. The Morgan fingerprint density at radius 1 is 1.38 bits per heavy atom. The molecule has 1 aromatic carbocycles. The monoisotopic (exact) mass is 307 g/mol. The first-order chi connectivity index (χ1) is 10.2. The molecule has 2 aromatic rings. The Labute approximate surface area is 128 Å². The molecule has 3 rings (SSSR count). The Kier molecular flexibility index (Phi) is 4.15. The first kappa shape index (κ1) is 14.4. The third kappa shape index (κ3) is 2.91. The van der Waals surface area contributed by atoms with Crippen LogP contribution in [0.5, 0.6) is 6.08 Å². The minimum atomic E-state index is -0.394. The number of alkyl halides is 1. The van der Waals surface area contributed by atoms with Crippen molar-refractivity contribution in [3.05, 3.63) is 34.2 Å². The van der Waals surface area contributed by atoms with Crippen molar-refractivity contribution in [2.24, 2.45) is 0 Å². The molecule has 2 unspecified atom stereocenters. The highest BCUT2D eigenvalue weighted by Crippen LogP contribution is 2.27. The van der Waals surface area contributed by atoms with Crippen molar-refractivity contribution in [3.63, 3.8) is 0 Å². The molecule has 1 fully saturated rings. The Morgan fingerprint density at radius 2 is 2.19 bits per heavy atom. The Balaban J connectivity index is 1.95. The molecule has 0 amide bonds. The van der Waals surface area contributed by atoms with Crippen LogP contribution in [-0.4, -0.2) is 16.5 Å². The third-order valence-corrected chi connectivity index (χ3v) is 4.48. The van der Waals surface area contributed by atoms with E-state index in [1.807, 2.05) is 19.1 Å². The number of fused-ring (bicyclic) bond motifs is 1. The number of aromatic nitrogens is 1. The van der Waals surface area contributed by atoms with Crippen LogP contribution in [0.2, 0.25) is 0 Å². The summed E-state index contributed by atoms with van der Waals surface area (Å²) in [5, 5.41) is 0.488. The highest BCUT2D eigenvalue weighted by Gasteiger charge is 2.26. The van der Waals surface area contributed by atoms with Gasteiger partial charge in [0.25, 0.3) is 0 Å². The molecular formula is C16H18ClNO3. The fraction of sp³-hybridized carbons (Fsp3) is 0.500. The molecule has 1 aromatic heterocycles. The summed E-state index contributed by atoms with van der Waals surface area (Å²) in [4.78, 5) is 16.5. The first-order valence-electron chi connectivity index (χ1n) is 7.42. The minimum absolute atomic E-state index is 0.0262. The number of hydrogen-bond donors (Lipinski definition) is 0. The van der Waals surface area contributed by atoms with E-state index < -0.39 is 5.63 Å². The van der Waals surface area contributed by atoms with Crippen LogP contribution in [0.1, 0.15) is 38.2 Å². The van der Waals surface area contributed by atoms with Gasteiger partial charge in [0.1, 0.15) is 6.10 Å². The van der Waals surface area contributed by atoms with Crippen LogP contribution in [-0.2, 0) is 6.42 Å². The molecule has 0 radical (unpaired) electrons. The summed E-state index contributed by atoms with van der Waals surface area (Å²) in [6, 6.07) is 5.61. The number of hydrogen-bond acceptors (Lipinski definition) is 4. The van der Waals surface area contributed by atoms with E-state index in [1.54, 1.807) is 6.07 Å². The van der Waals surface area contributed by atoms with Crippen LogP contribution in [0, 0.1) is 0 Å². The van der Waals surface area contributed by atoms with Crippen molar-refractivity contribution in [2.75, 3.05) is 0 Å². The van der Waals surface area contributed by atoms with E-state index in [4.69, 9.17) is 20.8 Å². The maximum Gasteiger partial charge on any atom is 0.397 e. The zero-order chi connectivity index (χ0) is 14.8. The molecule has 0 aliphatic heterocycles. The lowest BCUT2D eigenvalue weighted by atomic mass is 9.97. The van der Waals surface area contributed by atoms with Gasteiger partial charge in [-0.2, -0.15) is 4.98 Å². The zero-order valence-corrected chi connectivity index (χ0v) is 12.7. The second-order valence-corrected chi connectivity index (χ2v) is 5.95. The fourth-order valence-corrected chi connectivity index (χ4v) is 3.16. The van der Waals surface area contributed by atoms with Gasteiger partial charge in [0, 0.05) is 0 Å². The Bertz CT molecular complexity index is 697. The van der Waals surface area contributed by atoms with Gasteiger partial charge < -0.3 is 9.15 Å². The minimum Gasteiger partial charge on any atom is -0.445 e. The third-order valence-electron chi connectivity index (χ3n) is 3.98. The predicted molar refractivity (Wildman–Crippen MR) is 82.2 cm³/mol. The maximum absolute atomic E-state index is 12.2. The summed E-state index contributed by atoms with van der Waals surface area (Å²) in [6.45, 7) is 2.00. The standard InChI is InChI=1S/C16H18ClNO3/c1-2-10-6-5-8-12-14(10)15(19)21-16(18-12)20-13-9-4-3-7-11(13)17/h5-6,8,11,13H,2-4,7,9H2,1H3. The van der Waals surface area contributed by atoms with Gasteiger partial charge in [-0.3, -0.25) is 0 Å². The average molecular weight is 308 g/mol. The molecule has 1 heterocycles. The predicted octanol–water partition coefficient (Wildman–Crippen LogP) is 3.68. The average Bonchev–Trinajstić information content (AvgIpc) is 2.49. The molecule has 0 spiro atoms.